The van der Waals surface area contributed by atoms with Crippen LogP contribution in [0.4, 0.5) is 5.69 Å². The number of benzene rings is 1. The zero-order valence-corrected chi connectivity index (χ0v) is 20.1. The number of hydrogen-bond acceptors (Lipinski definition) is 7. The number of thioether (sulfide) groups is 1. The van der Waals surface area contributed by atoms with E-state index in [0.29, 0.717) is 21.9 Å². The second-order valence-electron chi connectivity index (χ2n) is 7.88. The highest BCUT2D eigenvalue weighted by Crippen LogP contribution is 2.23. The minimum absolute atomic E-state index is 0.0237. The summed E-state index contributed by atoms with van der Waals surface area (Å²) >= 11 is 2.73. The highest BCUT2D eigenvalue weighted by molar-refractivity contribution is 7.99. The molecule has 1 aromatic carbocycles. The van der Waals surface area contributed by atoms with Crippen LogP contribution in [0.1, 0.15) is 17.5 Å². The maximum Gasteiger partial charge on any atom is 0.272 e. The summed E-state index contributed by atoms with van der Waals surface area (Å²) < 4.78 is 7.80. The molecule has 0 saturated carbocycles. The lowest BCUT2D eigenvalue weighted by Crippen LogP contribution is -2.37. The van der Waals surface area contributed by atoms with Gasteiger partial charge in [0.15, 0.2) is 5.16 Å². The van der Waals surface area contributed by atoms with Crippen LogP contribution < -0.4 is 10.9 Å². The van der Waals surface area contributed by atoms with Crippen LogP contribution in [0.2, 0.25) is 0 Å². The van der Waals surface area contributed by atoms with Gasteiger partial charge >= 0.3 is 0 Å². The van der Waals surface area contributed by atoms with Gasteiger partial charge in [-0.25, -0.2) is 4.98 Å². The minimum atomic E-state index is -0.108. The fourth-order valence-electron chi connectivity index (χ4n) is 3.71. The van der Waals surface area contributed by atoms with Crippen molar-refractivity contribution in [3.8, 4) is 0 Å². The van der Waals surface area contributed by atoms with Crippen LogP contribution >= 0.6 is 23.1 Å². The zero-order valence-electron chi connectivity index (χ0n) is 18.4. The third-order valence-electron chi connectivity index (χ3n) is 5.70. The Hall–Kier alpha value is -2.20. The van der Waals surface area contributed by atoms with E-state index in [4.69, 9.17) is 9.72 Å². The molecule has 0 bridgehead atoms. The van der Waals surface area contributed by atoms with Gasteiger partial charge < -0.3 is 10.1 Å². The third-order valence-corrected chi connectivity index (χ3v) is 7.57. The Morgan fingerprint density at radius 2 is 2.03 bits per heavy atom. The maximum absolute atomic E-state index is 13.1. The Kier molecular flexibility index (Phi) is 7.62. The minimum Gasteiger partial charge on any atom is -0.379 e. The summed E-state index contributed by atoms with van der Waals surface area (Å²) in [5.41, 5.74) is 3.68. The molecule has 7 nitrogen and oxygen atoms in total. The van der Waals surface area contributed by atoms with Crippen LogP contribution in [0.15, 0.2) is 39.6 Å². The topological polar surface area (TPSA) is 76.5 Å². The lowest BCUT2D eigenvalue weighted by molar-refractivity contribution is -0.113. The van der Waals surface area contributed by atoms with E-state index in [-0.39, 0.29) is 17.2 Å². The van der Waals surface area contributed by atoms with Crippen LogP contribution in [-0.4, -0.2) is 59.0 Å². The van der Waals surface area contributed by atoms with Gasteiger partial charge in [0.1, 0.15) is 4.70 Å². The van der Waals surface area contributed by atoms with E-state index < -0.39 is 0 Å². The molecule has 0 atom stereocenters. The molecule has 9 heteroatoms. The quantitative estimate of drug-likeness (QED) is 0.399. The summed E-state index contributed by atoms with van der Waals surface area (Å²) in [6.07, 6.45) is 0.848. The molecule has 1 aliphatic heterocycles. The van der Waals surface area contributed by atoms with Crippen molar-refractivity contribution in [2.24, 2.45) is 0 Å². The lowest BCUT2D eigenvalue weighted by atomic mass is 10.1. The van der Waals surface area contributed by atoms with Gasteiger partial charge in [0.2, 0.25) is 5.91 Å². The van der Waals surface area contributed by atoms with Crippen molar-refractivity contribution in [3.63, 3.8) is 0 Å². The first-order valence-corrected chi connectivity index (χ1v) is 12.7. The number of aryl methyl sites for hydroxylation is 1. The lowest BCUT2D eigenvalue weighted by Gasteiger charge is -2.26. The van der Waals surface area contributed by atoms with Gasteiger partial charge in [-0.1, -0.05) is 23.9 Å². The van der Waals surface area contributed by atoms with E-state index in [1.165, 1.54) is 23.1 Å². The largest absolute Gasteiger partial charge is 0.379 e. The molecule has 1 amide bonds. The molecule has 0 spiro atoms. The number of morpholine rings is 1. The Bertz CT molecular complexity index is 1150. The number of ether oxygens (including phenoxy) is 1. The first-order valence-electron chi connectivity index (χ1n) is 10.8. The first kappa shape index (κ1) is 23.0. The summed E-state index contributed by atoms with van der Waals surface area (Å²) in [5.74, 6) is 0.0853. The number of thiophene rings is 1. The molecule has 1 aliphatic rings. The average Bonchev–Trinajstić information content (AvgIpc) is 3.27. The molecule has 3 heterocycles. The number of carbonyl (C=O) groups excluding carboxylic acids is 1. The van der Waals surface area contributed by atoms with Gasteiger partial charge in [0.25, 0.3) is 5.56 Å². The molecule has 3 aromatic rings. The number of aromatic nitrogens is 2. The highest BCUT2D eigenvalue weighted by atomic mass is 32.2. The molecule has 0 aliphatic carbocycles. The van der Waals surface area contributed by atoms with Crippen LogP contribution in [-0.2, 0) is 16.1 Å². The summed E-state index contributed by atoms with van der Waals surface area (Å²) in [5, 5.41) is 5.47. The Balaban J connectivity index is 1.45. The molecule has 1 N–H and O–H groups in total. The summed E-state index contributed by atoms with van der Waals surface area (Å²) in [4.78, 5) is 32.8. The van der Waals surface area contributed by atoms with Crippen LogP contribution in [0, 0.1) is 13.8 Å². The van der Waals surface area contributed by atoms with Crippen molar-refractivity contribution in [1.82, 2.24) is 14.5 Å². The fraction of sp³-hybridized carbons (Fsp3) is 0.435. The molecule has 4 rings (SSSR count). The molecular formula is C23H28N4O3S2. The number of anilines is 1. The summed E-state index contributed by atoms with van der Waals surface area (Å²) in [6, 6.07) is 7.72. The van der Waals surface area contributed by atoms with Gasteiger partial charge in [-0.3, -0.25) is 19.1 Å². The van der Waals surface area contributed by atoms with Crippen LogP contribution in [0.5, 0.6) is 0 Å². The molecule has 0 radical (unpaired) electrons. The van der Waals surface area contributed by atoms with Crippen molar-refractivity contribution in [3.05, 3.63) is 51.1 Å². The average molecular weight is 473 g/mol. The van der Waals surface area contributed by atoms with Crippen molar-refractivity contribution >= 4 is 44.9 Å². The third kappa shape index (κ3) is 5.40. The predicted octanol–water partition coefficient (Wildman–Crippen LogP) is 3.53. The van der Waals surface area contributed by atoms with E-state index >= 15 is 0 Å². The highest BCUT2D eigenvalue weighted by Gasteiger charge is 2.16. The van der Waals surface area contributed by atoms with Gasteiger partial charge in [-0.2, -0.15) is 0 Å². The predicted molar refractivity (Wildman–Crippen MR) is 131 cm³/mol. The Morgan fingerprint density at radius 3 is 2.84 bits per heavy atom. The van der Waals surface area contributed by atoms with E-state index in [0.717, 1.165) is 56.1 Å². The van der Waals surface area contributed by atoms with Gasteiger partial charge in [0, 0.05) is 31.9 Å². The van der Waals surface area contributed by atoms with Gasteiger partial charge in [-0.15, -0.1) is 11.3 Å². The van der Waals surface area contributed by atoms with E-state index in [2.05, 4.69) is 10.2 Å². The van der Waals surface area contributed by atoms with Crippen molar-refractivity contribution in [1.29, 1.82) is 0 Å². The number of rotatable bonds is 8. The molecule has 1 fully saturated rings. The van der Waals surface area contributed by atoms with Crippen molar-refractivity contribution in [2.45, 2.75) is 32.0 Å². The second-order valence-corrected chi connectivity index (χ2v) is 9.74. The number of hydrogen-bond donors (Lipinski definition) is 1. The molecule has 0 unspecified atom stereocenters. The monoisotopic (exact) mass is 472 g/mol. The molecule has 1 saturated heterocycles. The molecule has 32 heavy (non-hydrogen) atoms. The molecular weight excluding hydrogens is 444 g/mol. The Labute approximate surface area is 195 Å². The van der Waals surface area contributed by atoms with Crippen molar-refractivity contribution in [2.75, 3.05) is 43.9 Å². The Morgan fingerprint density at radius 1 is 1.22 bits per heavy atom. The van der Waals surface area contributed by atoms with Gasteiger partial charge in [-0.05, 0) is 48.9 Å². The van der Waals surface area contributed by atoms with E-state index in [1.54, 1.807) is 4.57 Å². The molecule has 2 aromatic heterocycles. The smallest absolute Gasteiger partial charge is 0.272 e. The fourth-order valence-corrected chi connectivity index (χ4v) is 5.31. The normalized spacial score (nSPS) is 14.7. The number of fused-ring (bicyclic) bond motifs is 1. The number of carbonyl (C=O) groups is 1. The zero-order chi connectivity index (χ0) is 22.5. The standard InChI is InChI=1S/C23H28N4O3S2/c1-16-5-3-6-18(17(16)2)24-20(28)15-32-23-25-19-7-14-31-21(19)22(29)27(23)9-4-8-26-10-12-30-13-11-26/h3,5-7,14H,4,8-13,15H2,1-2H3,(H,24,28). The van der Waals surface area contributed by atoms with E-state index in [9.17, 15) is 9.59 Å². The first-order chi connectivity index (χ1) is 15.5. The van der Waals surface area contributed by atoms with Crippen LogP contribution in [0.25, 0.3) is 10.2 Å². The maximum atomic E-state index is 13.1. The number of nitrogens with one attached hydrogen (secondary N) is 1. The number of nitrogens with zero attached hydrogens (tertiary/aromatic N) is 3. The summed E-state index contributed by atoms with van der Waals surface area (Å²) in [7, 11) is 0. The SMILES string of the molecule is Cc1cccc(NC(=O)CSc2nc3ccsc3c(=O)n2CCCN2CCOCC2)c1C. The second kappa shape index (κ2) is 10.6. The van der Waals surface area contributed by atoms with Crippen molar-refractivity contribution < 1.29 is 9.53 Å². The molecule has 170 valence electrons. The van der Waals surface area contributed by atoms with E-state index in [1.807, 2.05) is 43.5 Å². The van der Waals surface area contributed by atoms with Crippen LogP contribution in [0.3, 0.4) is 0 Å². The number of amides is 1. The summed E-state index contributed by atoms with van der Waals surface area (Å²) in [6.45, 7) is 8.90. The van der Waals surface area contributed by atoms with Gasteiger partial charge in [0.05, 0.1) is 24.5 Å².